The summed E-state index contributed by atoms with van der Waals surface area (Å²) in [4.78, 5) is 23.5. The number of halogens is 2. The number of ether oxygens (including phenoxy) is 3. The van der Waals surface area contributed by atoms with E-state index in [1.807, 2.05) is 0 Å². The number of nitrogens with two attached hydrogens (primary N) is 1. The molecule has 148 valence electrons. The van der Waals surface area contributed by atoms with E-state index in [0.717, 1.165) is 19.3 Å². The van der Waals surface area contributed by atoms with Gasteiger partial charge in [0.05, 0.1) is 19.0 Å². The molecule has 0 aliphatic carbocycles. The molecule has 3 rings (SSSR count). The number of anilines is 1. The predicted octanol–water partition coefficient (Wildman–Crippen LogP) is 3.03. The van der Waals surface area contributed by atoms with E-state index in [9.17, 15) is 9.18 Å². The van der Waals surface area contributed by atoms with Crippen LogP contribution in [-0.2, 0) is 14.2 Å². The highest BCUT2D eigenvalue weighted by molar-refractivity contribution is 6.28. The number of fused-ring (bicyclic) bond motifs is 1. The summed E-state index contributed by atoms with van der Waals surface area (Å²) in [6.45, 7) is 2.25. The number of alkyl halides is 1. The van der Waals surface area contributed by atoms with E-state index in [2.05, 4.69) is 21.9 Å². The first-order valence-corrected chi connectivity index (χ1v) is 9.12. The second-order valence-electron chi connectivity index (χ2n) is 6.22. The van der Waals surface area contributed by atoms with Crippen LogP contribution in [0.3, 0.4) is 0 Å². The lowest BCUT2D eigenvalue weighted by Crippen LogP contribution is -2.20. The smallest absolute Gasteiger partial charge is 0.434 e. The fraction of sp³-hybridized carbons (Fsp3) is 0.625. The molecule has 0 spiro atoms. The number of nitrogens with zero attached hydrogens (tertiary/aromatic N) is 4. The third kappa shape index (κ3) is 4.56. The average Bonchev–Trinajstić information content (AvgIpc) is 3.20. The summed E-state index contributed by atoms with van der Waals surface area (Å²) in [6, 6.07) is 0. The molecule has 2 aromatic rings. The second kappa shape index (κ2) is 8.66. The molecule has 0 radical (unpaired) electrons. The first kappa shape index (κ1) is 19.6. The van der Waals surface area contributed by atoms with Crippen LogP contribution in [-0.4, -0.2) is 51.2 Å². The molecule has 1 aliphatic heterocycles. The highest BCUT2D eigenvalue weighted by Gasteiger charge is 2.38. The van der Waals surface area contributed by atoms with E-state index in [-0.39, 0.29) is 29.8 Å². The molecule has 3 atom stereocenters. The molecule has 1 aliphatic rings. The molecule has 9 nitrogen and oxygen atoms in total. The Morgan fingerprint density at radius 2 is 2.26 bits per heavy atom. The number of carbonyl (C=O) groups excluding carboxylic acids is 1. The zero-order valence-electron chi connectivity index (χ0n) is 14.8. The minimum atomic E-state index is -1.34. The lowest BCUT2D eigenvalue weighted by molar-refractivity contribution is -0.0470. The summed E-state index contributed by atoms with van der Waals surface area (Å²) in [5, 5.41) is -0.0687. The van der Waals surface area contributed by atoms with Crippen LogP contribution in [0.2, 0.25) is 5.28 Å². The van der Waals surface area contributed by atoms with Gasteiger partial charge in [0.15, 0.2) is 17.7 Å². The summed E-state index contributed by atoms with van der Waals surface area (Å²) in [7, 11) is 0. The quantitative estimate of drug-likeness (QED) is 0.427. The summed E-state index contributed by atoms with van der Waals surface area (Å²) in [5.74, 6) is 0.0999. The number of hydrogen-bond donors (Lipinski definition) is 1. The summed E-state index contributed by atoms with van der Waals surface area (Å²) >= 11 is 5.82. The largest absolute Gasteiger partial charge is 0.508 e. The van der Waals surface area contributed by atoms with E-state index in [4.69, 9.17) is 31.5 Å². The lowest BCUT2D eigenvalue weighted by Gasteiger charge is -2.16. The van der Waals surface area contributed by atoms with Crippen LogP contribution in [0.5, 0.6) is 0 Å². The molecule has 3 heterocycles. The maximum absolute atomic E-state index is 14.5. The molecule has 1 saturated heterocycles. The van der Waals surface area contributed by atoms with Crippen molar-refractivity contribution < 1.29 is 23.4 Å². The summed E-state index contributed by atoms with van der Waals surface area (Å²) in [6.07, 6.45) is 0.493. The van der Waals surface area contributed by atoms with Crippen LogP contribution in [0.15, 0.2) is 6.33 Å². The van der Waals surface area contributed by atoms with Gasteiger partial charge in [-0.3, -0.25) is 4.57 Å². The lowest BCUT2D eigenvalue weighted by atomic mass is 10.2. The number of rotatable bonds is 7. The highest BCUT2D eigenvalue weighted by Crippen LogP contribution is 2.34. The van der Waals surface area contributed by atoms with Gasteiger partial charge in [0, 0.05) is 6.42 Å². The zero-order valence-corrected chi connectivity index (χ0v) is 15.6. The van der Waals surface area contributed by atoms with Gasteiger partial charge in [-0.1, -0.05) is 19.8 Å². The van der Waals surface area contributed by atoms with E-state index in [1.165, 1.54) is 10.9 Å². The van der Waals surface area contributed by atoms with Gasteiger partial charge in [-0.15, -0.1) is 0 Å². The topological polar surface area (TPSA) is 114 Å². The van der Waals surface area contributed by atoms with Crippen molar-refractivity contribution in [3.8, 4) is 0 Å². The van der Waals surface area contributed by atoms with E-state index < -0.39 is 24.7 Å². The molecule has 0 bridgehead atoms. The van der Waals surface area contributed by atoms with Gasteiger partial charge in [-0.05, 0) is 18.0 Å². The van der Waals surface area contributed by atoms with E-state index in [1.54, 1.807) is 0 Å². The molecular formula is C16H21ClFN5O4. The normalized spacial score (nSPS) is 22.3. The first-order valence-electron chi connectivity index (χ1n) is 8.74. The Bertz CT molecular complexity index is 804. The van der Waals surface area contributed by atoms with Gasteiger partial charge in [0.25, 0.3) is 0 Å². The van der Waals surface area contributed by atoms with Crippen molar-refractivity contribution in [3.63, 3.8) is 0 Å². The van der Waals surface area contributed by atoms with Gasteiger partial charge in [0.2, 0.25) is 5.28 Å². The molecule has 0 saturated carbocycles. The summed E-state index contributed by atoms with van der Waals surface area (Å²) < 4.78 is 31.5. The molecule has 1 fully saturated rings. The molecule has 2 aromatic heterocycles. The molecule has 0 aromatic carbocycles. The number of aromatic nitrogens is 4. The van der Waals surface area contributed by atoms with Crippen molar-refractivity contribution in [1.82, 2.24) is 19.5 Å². The molecule has 11 heteroatoms. The standard InChI is InChI=1S/C16H21ClFN5O4/c1-2-3-4-5-25-16(24)26-7-9-6-10(18)14(27-9)23-8-20-11-12(19)21-15(17)22-13(11)23/h8-10,14H,2-7H2,1H3,(H2,19,21,22). The Balaban J connectivity index is 1.58. The molecule has 27 heavy (non-hydrogen) atoms. The van der Waals surface area contributed by atoms with Gasteiger partial charge < -0.3 is 19.9 Å². The van der Waals surface area contributed by atoms with Gasteiger partial charge in [0.1, 0.15) is 18.3 Å². The number of unbranched alkanes of at least 4 members (excludes halogenated alkanes) is 2. The Kier molecular flexibility index (Phi) is 6.27. The SMILES string of the molecule is CCCCCOC(=O)OCC1CC(F)C(n2cnc3c(N)nc(Cl)nc32)O1. The molecular weight excluding hydrogens is 381 g/mol. The zero-order chi connectivity index (χ0) is 19.4. The first-order chi connectivity index (χ1) is 13.0. The Morgan fingerprint density at radius 1 is 1.44 bits per heavy atom. The average molecular weight is 402 g/mol. The van der Waals surface area contributed by atoms with Gasteiger partial charge >= 0.3 is 6.16 Å². The number of hydrogen-bond acceptors (Lipinski definition) is 8. The van der Waals surface area contributed by atoms with Crippen LogP contribution in [0.1, 0.15) is 38.8 Å². The van der Waals surface area contributed by atoms with Crippen molar-refractivity contribution in [2.24, 2.45) is 0 Å². The molecule has 2 N–H and O–H groups in total. The highest BCUT2D eigenvalue weighted by atomic mass is 35.5. The maximum atomic E-state index is 14.5. The maximum Gasteiger partial charge on any atom is 0.508 e. The van der Waals surface area contributed by atoms with Crippen LogP contribution < -0.4 is 5.73 Å². The summed E-state index contributed by atoms with van der Waals surface area (Å²) in [5.41, 5.74) is 6.34. The third-order valence-electron chi connectivity index (χ3n) is 4.18. The molecule has 0 amide bonds. The van der Waals surface area contributed by atoms with Crippen LogP contribution in [0, 0.1) is 0 Å². The minimum Gasteiger partial charge on any atom is -0.434 e. The van der Waals surface area contributed by atoms with Crippen molar-refractivity contribution in [2.75, 3.05) is 18.9 Å². The number of nitrogen functional groups attached to an aromatic ring is 1. The predicted molar refractivity (Wildman–Crippen MR) is 95.0 cm³/mol. The van der Waals surface area contributed by atoms with Crippen molar-refractivity contribution in [3.05, 3.63) is 11.6 Å². The van der Waals surface area contributed by atoms with Gasteiger partial charge in [-0.2, -0.15) is 9.97 Å². The van der Waals surface area contributed by atoms with Crippen LogP contribution >= 0.6 is 11.6 Å². The van der Waals surface area contributed by atoms with Crippen LogP contribution in [0.25, 0.3) is 11.2 Å². The third-order valence-corrected chi connectivity index (χ3v) is 4.35. The van der Waals surface area contributed by atoms with Gasteiger partial charge in [-0.25, -0.2) is 14.2 Å². The van der Waals surface area contributed by atoms with Crippen molar-refractivity contribution in [1.29, 1.82) is 0 Å². The number of carbonyl (C=O) groups is 1. The minimum absolute atomic E-state index is 0.0573. The van der Waals surface area contributed by atoms with Crippen LogP contribution in [0.4, 0.5) is 15.0 Å². The Labute approximate surface area is 160 Å². The van der Waals surface area contributed by atoms with E-state index >= 15 is 0 Å². The fourth-order valence-electron chi connectivity index (χ4n) is 2.86. The molecule has 3 unspecified atom stereocenters. The second-order valence-corrected chi connectivity index (χ2v) is 6.56. The fourth-order valence-corrected chi connectivity index (χ4v) is 3.03. The Hall–Kier alpha value is -2.20. The van der Waals surface area contributed by atoms with Crippen molar-refractivity contribution in [2.45, 2.75) is 51.1 Å². The monoisotopic (exact) mass is 401 g/mol. The van der Waals surface area contributed by atoms with E-state index in [0.29, 0.717) is 12.1 Å². The Morgan fingerprint density at radius 3 is 3.04 bits per heavy atom. The van der Waals surface area contributed by atoms with Crippen molar-refractivity contribution >= 4 is 34.7 Å². The number of imidazole rings is 1.